The molecule has 0 saturated carbocycles. The van der Waals surface area contributed by atoms with E-state index in [9.17, 15) is 18.0 Å². The molecule has 1 saturated heterocycles. The molecule has 2 N–H and O–H groups in total. The van der Waals surface area contributed by atoms with Crippen LogP contribution in [0.2, 0.25) is 0 Å². The van der Waals surface area contributed by atoms with Gasteiger partial charge in [-0.05, 0) is 49.9 Å². The number of carbonyl (C=O) groups excluding carboxylic acids is 1. The third kappa shape index (κ3) is 7.33. The molecule has 1 amide bonds. The van der Waals surface area contributed by atoms with Crippen molar-refractivity contribution in [3.05, 3.63) is 35.4 Å². The molecule has 1 heterocycles. The van der Waals surface area contributed by atoms with E-state index in [-0.39, 0.29) is 12.5 Å². The zero-order chi connectivity index (χ0) is 21.3. The smallest absolute Gasteiger partial charge is 0.359 e. The molecule has 0 spiro atoms. The fourth-order valence-corrected chi connectivity index (χ4v) is 3.14. The molecule has 5 nitrogen and oxygen atoms in total. The van der Waals surface area contributed by atoms with Crippen molar-refractivity contribution >= 4 is 11.9 Å². The summed E-state index contributed by atoms with van der Waals surface area (Å²) in [5, 5.41) is 5.91. The molecule has 0 atom stereocenters. The average molecular weight is 408 g/mol. The number of hydrogen-bond acceptors (Lipinski definition) is 2. The fraction of sp³-hybridized carbons (Fsp3) is 0.524. The standard InChI is InChI=1S/C21H27F3N4O/c1-3-26-20(28-13-10-17(11-14-28)15-19(29)25-2)27-12-4-5-16-6-8-18(9-7-16)21(22,23)24/h6-9,17H,3,10-15H2,1-2H3,(H,25,29)(H,26,27). The number of piperidine rings is 1. The van der Waals surface area contributed by atoms with Gasteiger partial charge in [0.25, 0.3) is 0 Å². The monoisotopic (exact) mass is 408 g/mol. The molecule has 1 fully saturated rings. The lowest BCUT2D eigenvalue weighted by Crippen LogP contribution is -2.46. The van der Waals surface area contributed by atoms with Crippen LogP contribution in [0, 0.1) is 17.8 Å². The molecule has 1 aliphatic rings. The quantitative estimate of drug-likeness (QED) is 0.458. The molecule has 1 aromatic carbocycles. The summed E-state index contributed by atoms with van der Waals surface area (Å²) >= 11 is 0. The van der Waals surface area contributed by atoms with Gasteiger partial charge in [-0.15, -0.1) is 0 Å². The Bertz CT molecular complexity index is 755. The van der Waals surface area contributed by atoms with Crippen molar-refractivity contribution in [1.29, 1.82) is 0 Å². The van der Waals surface area contributed by atoms with E-state index in [0.717, 1.165) is 50.6 Å². The number of guanidine groups is 1. The van der Waals surface area contributed by atoms with Crippen LogP contribution < -0.4 is 10.6 Å². The van der Waals surface area contributed by atoms with Gasteiger partial charge in [0.1, 0.15) is 6.54 Å². The summed E-state index contributed by atoms with van der Waals surface area (Å²) in [6.07, 6.45) is -1.94. The molecular weight excluding hydrogens is 381 g/mol. The van der Waals surface area contributed by atoms with Gasteiger partial charge in [-0.25, -0.2) is 4.99 Å². The Kier molecular flexibility index (Phi) is 8.37. The molecule has 0 aromatic heterocycles. The minimum absolute atomic E-state index is 0.0718. The first-order valence-electron chi connectivity index (χ1n) is 9.73. The van der Waals surface area contributed by atoms with Crippen molar-refractivity contribution < 1.29 is 18.0 Å². The lowest BCUT2D eigenvalue weighted by molar-refractivity contribution is -0.137. The molecule has 158 valence electrons. The summed E-state index contributed by atoms with van der Waals surface area (Å²) in [6.45, 7) is 4.60. The van der Waals surface area contributed by atoms with Crippen molar-refractivity contribution in [2.24, 2.45) is 10.9 Å². The number of benzene rings is 1. The maximum absolute atomic E-state index is 12.6. The molecule has 1 aromatic rings. The average Bonchev–Trinajstić information content (AvgIpc) is 2.70. The van der Waals surface area contributed by atoms with E-state index < -0.39 is 11.7 Å². The molecule has 2 rings (SSSR count). The predicted octanol–water partition coefficient (Wildman–Crippen LogP) is 2.87. The van der Waals surface area contributed by atoms with Crippen molar-refractivity contribution in [2.45, 2.75) is 32.4 Å². The minimum Gasteiger partial charge on any atom is -0.359 e. The SMILES string of the molecule is CCNC(=NCC#Cc1ccc(C(F)(F)F)cc1)N1CCC(CC(=O)NC)CC1. The molecular formula is C21H27F3N4O. The van der Waals surface area contributed by atoms with Crippen LogP contribution in [0.4, 0.5) is 13.2 Å². The Morgan fingerprint density at radius 3 is 2.45 bits per heavy atom. The van der Waals surface area contributed by atoms with Crippen molar-refractivity contribution in [1.82, 2.24) is 15.5 Å². The van der Waals surface area contributed by atoms with Crippen molar-refractivity contribution in [3.63, 3.8) is 0 Å². The van der Waals surface area contributed by atoms with Crippen molar-refractivity contribution in [2.75, 3.05) is 33.2 Å². The first-order chi connectivity index (χ1) is 13.8. The highest BCUT2D eigenvalue weighted by molar-refractivity contribution is 5.80. The second kappa shape index (κ2) is 10.7. The van der Waals surface area contributed by atoms with Gasteiger partial charge < -0.3 is 15.5 Å². The van der Waals surface area contributed by atoms with Gasteiger partial charge in [0, 0.05) is 38.7 Å². The summed E-state index contributed by atoms with van der Waals surface area (Å²) in [5.74, 6) is 6.96. The first-order valence-corrected chi connectivity index (χ1v) is 9.73. The number of amides is 1. The van der Waals surface area contributed by atoms with Gasteiger partial charge in [-0.2, -0.15) is 13.2 Å². The molecule has 0 unspecified atom stereocenters. The van der Waals surface area contributed by atoms with Crippen molar-refractivity contribution in [3.8, 4) is 11.8 Å². The maximum Gasteiger partial charge on any atom is 0.416 e. The minimum atomic E-state index is -4.34. The first kappa shape index (κ1) is 22.6. The fourth-order valence-electron chi connectivity index (χ4n) is 3.14. The summed E-state index contributed by atoms with van der Waals surface area (Å²) in [7, 11) is 1.65. The van der Waals surface area contributed by atoms with E-state index in [1.165, 1.54) is 12.1 Å². The van der Waals surface area contributed by atoms with Crippen LogP contribution in [-0.4, -0.2) is 50.0 Å². The number of likely N-dealkylation sites (tertiary alicyclic amines) is 1. The lowest BCUT2D eigenvalue weighted by Gasteiger charge is -2.34. The molecule has 0 radical (unpaired) electrons. The van der Waals surface area contributed by atoms with Gasteiger partial charge >= 0.3 is 6.18 Å². The predicted molar refractivity (Wildman–Crippen MR) is 107 cm³/mol. The number of alkyl halides is 3. The summed E-state index contributed by atoms with van der Waals surface area (Å²) < 4.78 is 37.8. The van der Waals surface area contributed by atoms with Gasteiger partial charge in [0.2, 0.25) is 5.91 Å². The van der Waals surface area contributed by atoms with Crippen LogP contribution in [0.3, 0.4) is 0 Å². The zero-order valence-corrected chi connectivity index (χ0v) is 16.8. The Balaban J connectivity index is 1.92. The molecule has 1 aliphatic heterocycles. The van der Waals surface area contributed by atoms with E-state index in [0.29, 0.717) is 17.9 Å². The van der Waals surface area contributed by atoms with Crippen LogP contribution in [0.15, 0.2) is 29.3 Å². The summed E-state index contributed by atoms with van der Waals surface area (Å²) in [4.78, 5) is 18.2. The van der Waals surface area contributed by atoms with E-state index in [1.54, 1.807) is 7.05 Å². The number of rotatable bonds is 4. The number of nitrogens with zero attached hydrogens (tertiary/aromatic N) is 2. The second-order valence-electron chi connectivity index (χ2n) is 6.85. The highest BCUT2D eigenvalue weighted by Gasteiger charge is 2.29. The second-order valence-corrected chi connectivity index (χ2v) is 6.85. The molecule has 0 bridgehead atoms. The topological polar surface area (TPSA) is 56.7 Å². The normalized spacial score (nSPS) is 15.5. The highest BCUT2D eigenvalue weighted by Crippen LogP contribution is 2.28. The van der Waals surface area contributed by atoms with E-state index in [1.807, 2.05) is 6.92 Å². The van der Waals surface area contributed by atoms with Gasteiger partial charge in [-0.3, -0.25) is 4.79 Å². The third-order valence-electron chi connectivity index (χ3n) is 4.75. The molecule has 29 heavy (non-hydrogen) atoms. The lowest BCUT2D eigenvalue weighted by atomic mass is 9.93. The maximum atomic E-state index is 12.6. The molecule has 0 aliphatic carbocycles. The number of nitrogens with one attached hydrogen (secondary N) is 2. The number of halogens is 3. The number of hydrogen-bond donors (Lipinski definition) is 2. The number of aliphatic imine (C=N–C) groups is 1. The van der Waals surface area contributed by atoms with Gasteiger partial charge in [-0.1, -0.05) is 11.8 Å². The van der Waals surface area contributed by atoms with Gasteiger partial charge in [0.15, 0.2) is 5.96 Å². The Labute approximate surface area is 169 Å². The Morgan fingerprint density at radius 1 is 1.24 bits per heavy atom. The Hall–Kier alpha value is -2.69. The van der Waals surface area contributed by atoms with Crippen LogP contribution in [-0.2, 0) is 11.0 Å². The van der Waals surface area contributed by atoms with E-state index in [4.69, 9.17) is 0 Å². The van der Waals surface area contributed by atoms with Gasteiger partial charge in [0.05, 0.1) is 5.56 Å². The summed E-state index contributed by atoms with van der Waals surface area (Å²) in [6, 6.07) is 4.78. The van der Waals surface area contributed by atoms with E-state index >= 15 is 0 Å². The third-order valence-corrected chi connectivity index (χ3v) is 4.75. The largest absolute Gasteiger partial charge is 0.416 e. The van der Waals surface area contributed by atoms with Crippen LogP contribution in [0.25, 0.3) is 0 Å². The highest BCUT2D eigenvalue weighted by atomic mass is 19.4. The zero-order valence-electron chi connectivity index (χ0n) is 16.8. The summed E-state index contributed by atoms with van der Waals surface area (Å²) in [5.41, 5.74) is -0.163. The van der Waals surface area contributed by atoms with Crippen LogP contribution in [0.5, 0.6) is 0 Å². The Morgan fingerprint density at radius 2 is 1.90 bits per heavy atom. The van der Waals surface area contributed by atoms with Crippen LogP contribution in [0.1, 0.15) is 37.3 Å². The van der Waals surface area contributed by atoms with Crippen LogP contribution >= 0.6 is 0 Å². The molecule has 8 heteroatoms. The van der Waals surface area contributed by atoms with E-state index in [2.05, 4.69) is 32.4 Å². The number of carbonyl (C=O) groups is 1.